The maximum Gasteiger partial charge on any atom is 0.263 e. The predicted molar refractivity (Wildman–Crippen MR) is 94.1 cm³/mol. The predicted octanol–water partition coefficient (Wildman–Crippen LogP) is 3.41. The molecule has 7 heteroatoms. The second-order valence-corrected chi connectivity index (χ2v) is 8.76. The molecule has 1 aliphatic rings. The van der Waals surface area contributed by atoms with Gasteiger partial charge in [-0.1, -0.05) is 12.1 Å². The number of para-hydroxylation sites is 1. The molecule has 2 aromatic rings. The summed E-state index contributed by atoms with van der Waals surface area (Å²) in [5.41, 5.74) is 0.616. The van der Waals surface area contributed by atoms with Crippen molar-refractivity contribution in [1.82, 2.24) is 5.32 Å². The van der Waals surface area contributed by atoms with Crippen molar-refractivity contribution in [1.29, 1.82) is 0 Å². The number of hydrogen-bond acceptors (Lipinski definition) is 4. The maximum atomic E-state index is 12.6. The zero-order valence-corrected chi connectivity index (χ0v) is 15.0. The highest BCUT2D eigenvalue weighted by molar-refractivity contribution is 14.1. The molecule has 2 N–H and O–H groups in total. The Kier molecular flexibility index (Phi) is 4.53. The van der Waals surface area contributed by atoms with Crippen LogP contribution in [0.4, 0.5) is 5.69 Å². The standard InChI is InChI=1S/C14H15IN2O2S2/c15-11-3-1-2-4-12(11)17-21(18,19)14-7-8-20-13(14)9-16-10-5-6-10/h1-4,7-8,10,16-17H,5-6,9H2. The lowest BCUT2D eigenvalue weighted by Gasteiger charge is -2.10. The third-order valence-corrected chi connectivity index (χ3v) is 6.68. The molecule has 0 amide bonds. The molecule has 1 aromatic carbocycles. The first-order valence-corrected chi connectivity index (χ1v) is 10.1. The molecule has 1 aromatic heterocycles. The lowest BCUT2D eigenvalue weighted by molar-refractivity contribution is 0.599. The number of hydrogen-bond donors (Lipinski definition) is 2. The Morgan fingerprint density at radius 1 is 1.24 bits per heavy atom. The summed E-state index contributed by atoms with van der Waals surface area (Å²) in [6.07, 6.45) is 2.38. The molecule has 21 heavy (non-hydrogen) atoms. The minimum Gasteiger partial charge on any atom is -0.309 e. The van der Waals surface area contributed by atoms with Crippen molar-refractivity contribution in [3.05, 3.63) is 44.2 Å². The average Bonchev–Trinajstić information content (AvgIpc) is 3.15. The molecule has 1 saturated carbocycles. The highest BCUT2D eigenvalue weighted by Crippen LogP contribution is 2.27. The number of sulfonamides is 1. The Hall–Kier alpha value is -0.640. The highest BCUT2D eigenvalue weighted by Gasteiger charge is 2.24. The van der Waals surface area contributed by atoms with E-state index in [1.807, 2.05) is 23.6 Å². The van der Waals surface area contributed by atoms with Crippen LogP contribution in [0.25, 0.3) is 0 Å². The SMILES string of the molecule is O=S(=O)(Nc1ccccc1I)c1ccsc1CNC1CC1. The summed E-state index contributed by atoms with van der Waals surface area (Å²) in [4.78, 5) is 1.24. The normalized spacial score (nSPS) is 15.1. The van der Waals surface area contributed by atoms with Crippen molar-refractivity contribution < 1.29 is 8.42 Å². The van der Waals surface area contributed by atoms with Gasteiger partial charge in [0.15, 0.2) is 0 Å². The zero-order valence-electron chi connectivity index (χ0n) is 11.2. The first-order valence-electron chi connectivity index (χ1n) is 6.63. The van der Waals surface area contributed by atoms with Gasteiger partial charge in [0.1, 0.15) is 4.90 Å². The number of anilines is 1. The molecule has 0 aliphatic heterocycles. The van der Waals surface area contributed by atoms with Gasteiger partial charge in [-0.15, -0.1) is 11.3 Å². The van der Waals surface area contributed by atoms with E-state index in [0.29, 0.717) is 23.2 Å². The molecule has 1 aliphatic carbocycles. The van der Waals surface area contributed by atoms with Gasteiger partial charge in [-0.3, -0.25) is 4.72 Å². The van der Waals surface area contributed by atoms with E-state index >= 15 is 0 Å². The molecule has 112 valence electrons. The van der Waals surface area contributed by atoms with Crippen LogP contribution in [0, 0.1) is 3.57 Å². The van der Waals surface area contributed by atoms with Crippen LogP contribution in [0.2, 0.25) is 0 Å². The van der Waals surface area contributed by atoms with Gasteiger partial charge in [-0.05, 0) is 59.0 Å². The summed E-state index contributed by atoms with van der Waals surface area (Å²) < 4.78 is 28.7. The van der Waals surface area contributed by atoms with Crippen molar-refractivity contribution in [2.45, 2.75) is 30.3 Å². The number of nitrogens with one attached hydrogen (secondary N) is 2. The molecule has 1 fully saturated rings. The molecule has 0 spiro atoms. The van der Waals surface area contributed by atoms with Crippen LogP contribution in [0.3, 0.4) is 0 Å². The van der Waals surface area contributed by atoms with Crippen LogP contribution in [-0.4, -0.2) is 14.5 Å². The van der Waals surface area contributed by atoms with Gasteiger partial charge >= 0.3 is 0 Å². The fourth-order valence-electron chi connectivity index (χ4n) is 1.97. The average molecular weight is 434 g/mol. The third kappa shape index (κ3) is 3.77. The summed E-state index contributed by atoms with van der Waals surface area (Å²) in [6, 6.07) is 9.59. The van der Waals surface area contributed by atoms with Crippen molar-refractivity contribution in [2.24, 2.45) is 0 Å². The minimum absolute atomic E-state index is 0.375. The van der Waals surface area contributed by atoms with Gasteiger partial charge in [-0.2, -0.15) is 0 Å². The second kappa shape index (κ2) is 6.23. The van der Waals surface area contributed by atoms with Gasteiger partial charge in [0, 0.05) is 21.0 Å². The van der Waals surface area contributed by atoms with Crippen LogP contribution in [0.15, 0.2) is 40.6 Å². The summed E-state index contributed by atoms with van der Waals surface area (Å²) in [6.45, 7) is 0.616. The minimum atomic E-state index is -3.54. The molecule has 0 saturated heterocycles. The van der Waals surface area contributed by atoms with Gasteiger partial charge in [-0.25, -0.2) is 8.42 Å². The van der Waals surface area contributed by atoms with Gasteiger partial charge in [0.2, 0.25) is 0 Å². The second-order valence-electron chi connectivity index (χ2n) is 4.95. The molecule has 3 rings (SSSR count). The number of benzene rings is 1. The molecule has 0 radical (unpaired) electrons. The van der Waals surface area contributed by atoms with Gasteiger partial charge in [0.05, 0.1) is 5.69 Å². The molecule has 1 heterocycles. The summed E-state index contributed by atoms with van der Waals surface area (Å²) in [5.74, 6) is 0. The fraction of sp³-hybridized carbons (Fsp3) is 0.286. The van der Waals surface area contributed by atoms with Crippen molar-refractivity contribution >= 4 is 49.6 Å². The van der Waals surface area contributed by atoms with E-state index in [9.17, 15) is 8.42 Å². The summed E-state index contributed by atoms with van der Waals surface area (Å²) >= 11 is 3.60. The molecular weight excluding hydrogens is 419 g/mol. The lowest BCUT2D eigenvalue weighted by Crippen LogP contribution is -2.19. The first kappa shape index (κ1) is 15.3. The van der Waals surface area contributed by atoms with Crippen LogP contribution in [-0.2, 0) is 16.6 Å². The molecular formula is C14H15IN2O2S2. The van der Waals surface area contributed by atoms with E-state index in [4.69, 9.17) is 0 Å². The highest BCUT2D eigenvalue weighted by atomic mass is 127. The number of rotatable bonds is 6. The number of halogens is 1. The van der Waals surface area contributed by atoms with Gasteiger partial charge < -0.3 is 5.32 Å². The fourth-order valence-corrected chi connectivity index (χ4v) is 5.15. The lowest BCUT2D eigenvalue weighted by atomic mass is 10.3. The van der Waals surface area contributed by atoms with E-state index in [0.717, 1.165) is 8.45 Å². The van der Waals surface area contributed by atoms with Crippen LogP contribution < -0.4 is 10.0 Å². The van der Waals surface area contributed by atoms with E-state index in [1.165, 1.54) is 24.2 Å². The Morgan fingerprint density at radius 3 is 2.71 bits per heavy atom. The van der Waals surface area contributed by atoms with E-state index in [1.54, 1.807) is 12.1 Å². The zero-order chi connectivity index (χ0) is 14.9. The maximum absolute atomic E-state index is 12.6. The molecule has 0 unspecified atom stereocenters. The Morgan fingerprint density at radius 2 is 2.00 bits per heavy atom. The first-order chi connectivity index (χ1) is 10.1. The Bertz CT molecular complexity index is 739. The Balaban J connectivity index is 1.81. The molecule has 0 atom stereocenters. The van der Waals surface area contributed by atoms with E-state index < -0.39 is 10.0 Å². The van der Waals surface area contributed by atoms with Crippen molar-refractivity contribution in [2.75, 3.05) is 4.72 Å². The van der Waals surface area contributed by atoms with Crippen LogP contribution >= 0.6 is 33.9 Å². The van der Waals surface area contributed by atoms with E-state index in [-0.39, 0.29) is 0 Å². The monoisotopic (exact) mass is 434 g/mol. The van der Waals surface area contributed by atoms with E-state index in [2.05, 4.69) is 32.6 Å². The van der Waals surface area contributed by atoms with Crippen molar-refractivity contribution in [3.8, 4) is 0 Å². The Labute approximate surface area is 142 Å². The van der Waals surface area contributed by atoms with Crippen LogP contribution in [0.1, 0.15) is 17.7 Å². The van der Waals surface area contributed by atoms with Crippen molar-refractivity contribution in [3.63, 3.8) is 0 Å². The number of thiophene rings is 1. The van der Waals surface area contributed by atoms with Gasteiger partial charge in [0.25, 0.3) is 10.0 Å². The largest absolute Gasteiger partial charge is 0.309 e. The summed E-state index contributed by atoms with van der Waals surface area (Å²) in [5, 5.41) is 5.19. The quantitative estimate of drug-likeness (QED) is 0.686. The molecule has 0 bridgehead atoms. The van der Waals surface area contributed by atoms with Crippen LogP contribution in [0.5, 0.6) is 0 Å². The smallest absolute Gasteiger partial charge is 0.263 e. The summed E-state index contributed by atoms with van der Waals surface area (Å²) in [7, 11) is -3.54. The topological polar surface area (TPSA) is 58.2 Å². The molecule has 4 nitrogen and oxygen atoms in total. The third-order valence-electron chi connectivity index (χ3n) is 3.24.